The number of benzene rings is 1. The second kappa shape index (κ2) is 5.79. The molecule has 18 heavy (non-hydrogen) atoms. The normalized spacial score (nSPS) is 20.9. The average Bonchev–Trinajstić information content (AvgIpc) is 2.82. The number of ketones is 1. The maximum absolute atomic E-state index is 11.9. The molecule has 1 fully saturated rings. The highest BCUT2D eigenvalue weighted by Crippen LogP contribution is 2.28. The summed E-state index contributed by atoms with van der Waals surface area (Å²) in [5, 5.41) is 8.98. The first-order chi connectivity index (χ1) is 8.74. The van der Waals surface area contributed by atoms with E-state index in [1.807, 2.05) is 23.1 Å². The average molecular weight is 242 g/mol. The standard InChI is InChI=1S/C15H18N2O/c1-12(13-6-3-2-4-7-13)17(11-10-16)14-8-5-9-15(14)18/h2-4,6-7,12,14H,5,8-9,11H2,1H3. The van der Waals surface area contributed by atoms with Crippen molar-refractivity contribution in [2.45, 2.75) is 38.3 Å². The van der Waals surface area contributed by atoms with Crippen molar-refractivity contribution in [3.8, 4) is 6.07 Å². The van der Waals surface area contributed by atoms with E-state index in [1.54, 1.807) is 0 Å². The number of carbonyl (C=O) groups excluding carboxylic acids is 1. The van der Waals surface area contributed by atoms with Gasteiger partial charge in [-0.1, -0.05) is 30.3 Å². The number of rotatable bonds is 4. The minimum Gasteiger partial charge on any atom is -0.298 e. The van der Waals surface area contributed by atoms with E-state index in [0.717, 1.165) is 18.4 Å². The smallest absolute Gasteiger partial charge is 0.150 e. The van der Waals surface area contributed by atoms with Crippen molar-refractivity contribution in [3.05, 3.63) is 35.9 Å². The van der Waals surface area contributed by atoms with Gasteiger partial charge in [-0.3, -0.25) is 9.69 Å². The van der Waals surface area contributed by atoms with Gasteiger partial charge in [0.25, 0.3) is 0 Å². The first-order valence-corrected chi connectivity index (χ1v) is 6.44. The number of hydrogen-bond acceptors (Lipinski definition) is 3. The van der Waals surface area contributed by atoms with Gasteiger partial charge in [0, 0.05) is 12.5 Å². The Morgan fingerprint density at radius 1 is 1.44 bits per heavy atom. The van der Waals surface area contributed by atoms with E-state index in [0.29, 0.717) is 13.0 Å². The minimum atomic E-state index is -0.0696. The fourth-order valence-corrected chi connectivity index (χ4v) is 2.67. The second-order valence-electron chi connectivity index (χ2n) is 4.79. The molecule has 2 rings (SSSR count). The molecular weight excluding hydrogens is 224 g/mol. The predicted molar refractivity (Wildman–Crippen MR) is 69.8 cm³/mol. The Labute approximate surface area is 108 Å². The van der Waals surface area contributed by atoms with Crippen LogP contribution in [0.25, 0.3) is 0 Å². The lowest BCUT2D eigenvalue weighted by molar-refractivity contribution is -0.122. The van der Waals surface area contributed by atoms with E-state index in [1.165, 1.54) is 0 Å². The number of nitriles is 1. The molecule has 0 spiro atoms. The quantitative estimate of drug-likeness (QED) is 0.762. The van der Waals surface area contributed by atoms with Gasteiger partial charge in [0.1, 0.15) is 5.78 Å². The highest BCUT2D eigenvalue weighted by Gasteiger charge is 2.33. The van der Waals surface area contributed by atoms with Crippen LogP contribution in [0.3, 0.4) is 0 Å². The van der Waals surface area contributed by atoms with Crippen molar-refractivity contribution in [1.29, 1.82) is 5.26 Å². The summed E-state index contributed by atoms with van der Waals surface area (Å²) in [6.45, 7) is 2.38. The summed E-state index contributed by atoms with van der Waals surface area (Å²) in [6.07, 6.45) is 2.50. The minimum absolute atomic E-state index is 0.0696. The molecular formula is C15H18N2O. The third-order valence-corrected chi connectivity index (χ3v) is 3.71. The van der Waals surface area contributed by atoms with E-state index >= 15 is 0 Å². The van der Waals surface area contributed by atoms with Crippen LogP contribution in [0.15, 0.2) is 30.3 Å². The predicted octanol–water partition coefficient (Wildman–Crippen LogP) is 2.69. The van der Waals surface area contributed by atoms with Gasteiger partial charge in [-0.05, 0) is 25.3 Å². The summed E-state index contributed by atoms with van der Waals surface area (Å²) in [6, 6.07) is 12.3. The van der Waals surface area contributed by atoms with Crippen LogP contribution in [0.4, 0.5) is 0 Å². The maximum atomic E-state index is 11.9. The van der Waals surface area contributed by atoms with E-state index in [4.69, 9.17) is 5.26 Å². The summed E-state index contributed by atoms with van der Waals surface area (Å²) in [5.41, 5.74) is 1.16. The van der Waals surface area contributed by atoms with E-state index in [2.05, 4.69) is 25.1 Å². The first-order valence-electron chi connectivity index (χ1n) is 6.44. The largest absolute Gasteiger partial charge is 0.298 e. The van der Waals surface area contributed by atoms with Crippen molar-refractivity contribution < 1.29 is 4.79 Å². The van der Waals surface area contributed by atoms with Crippen LogP contribution in [0, 0.1) is 11.3 Å². The maximum Gasteiger partial charge on any atom is 0.150 e. The molecule has 0 radical (unpaired) electrons. The summed E-state index contributed by atoms with van der Waals surface area (Å²) in [5.74, 6) is 0.285. The molecule has 3 nitrogen and oxygen atoms in total. The summed E-state index contributed by atoms with van der Waals surface area (Å²) in [4.78, 5) is 13.9. The van der Waals surface area contributed by atoms with Crippen LogP contribution in [-0.4, -0.2) is 23.3 Å². The van der Waals surface area contributed by atoms with Gasteiger partial charge in [-0.15, -0.1) is 0 Å². The van der Waals surface area contributed by atoms with Crippen molar-refractivity contribution in [2.24, 2.45) is 0 Å². The molecule has 0 N–H and O–H groups in total. The second-order valence-corrected chi connectivity index (χ2v) is 4.79. The Morgan fingerprint density at radius 3 is 2.72 bits per heavy atom. The Hall–Kier alpha value is -1.66. The van der Waals surface area contributed by atoms with Crippen molar-refractivity contribution >= 4 is 5.78 Å². The van der Waals surface area contributed by atoms with Crippen LogP contribution in [0.2, 0.25) is 0 Å². The van der Waals surface area contributed by atoms with Crippen molar-refractivity contribution in [2.75, 3.05) is 6.54 Å². The molecule has 0 bridgehead atoms. The highest BCUT2D eigenvalue weighted by molar-refractivity contribution is 5.86. The van der Waals surface area contributed by atoms with Crippen molar-refractivity contribution in [3.63, 3.8) is 0 Å². The molecule has 1 aromatic rings. The summed E-state index contributed by atoms with van der Waals surface area (Å²) in [7, 11) is 0. The van der Waals surface area contributed by atoms with E-state index in [-0.39, 0.29) is 17.9 Å². The zero-order valence-corrected chi connectivity index (χ0v) is 10.7. The molecule has 0 aromatic heterocycles. The topological polar surface area (TPSA) is 44.1 Å². The fraction of sp³-hybridized carbons (Fsp3) is 0.467. The third-order valence-electron chi connectivity index (χ3n) is 3.71. The summed E-state index contributed by atoms with van der Waals surface area (Å²) >= 11 is 0. The lowest BCUT2D eigenvalue weighted by Crippen LogP contribution is -2.40. The van der Waals surface area contributed by atoms with Crippen molar-refractivity contribution in [1.82, 2.24) is 4.90 Å². The molecule has 2 unspecified atom stereocenters. The fourth-order valence-electron chi connectivity index (χ4n) is 2.67. The van der Waals surface area contributed by atoms with E-state index in [9.17, 15) is 4.79 Å². The van der Waals surface area contributed by atoms with Gasteiger partial charge < -0.3 is 0 Å². The van der Waals surface area contributed by atoms with Crippen LogP contribution < -0.4 is 0 Å². The molecule has 0 heterocycles. The van der Waals surface area contributed by atoms with Gasteiger partial charge in [-0.2, -0.15) is 5.26 Å². The Bertz CT molecular complexity index is 449. The Balaban J connectivity index is 2.20. The monoisotopic (exact) mass is 242 g/mol. The molecule has 2 atom stereocenters. The highest BCUT2D eigenvalue weighted by atomic mass is 16.1. The van der Waals surface area contributed by atoms with Gasteiger partial charge in [0.15, 0.2) is 0 Å². The molecule has 0 aliphatic heterocycles. The lowest BCUT2D eigenvalue weighted by Gasteiger charge is -2.31. The number of hydrogen-bond donors (Lipinski definition) is 0. The third kappa shape index (κ3) is 2.60. The SMILES string of the molecule is CC(c1ccccc1)N(CC#N)C1CCCC1=O. The number of carbonyl (C=O) groups is 1. The van der Waals surface area contributed by atoms with Gasteiger partial charge in [-0.25, -0.2) is 0 Å². The van der Waals surface area contributed by atoms with Crippen LogP contribution in [0.1, 0.15) is 37.8 Å². The number of Topliss-reactive ketones (excluding diaryl/α,β-unsaturated/α-hetero) is 1. The molecule has 1 aromatic carbocycles. The molecule has 1 saturated carbocycles. The van der Waals surface area contributed by atoms with Gasteiger partial charge >= 0.3 is 0 Å². The summed E-state index contributed by atoms with van der Waals surface area (Å²) < 4.78 is 0. The number of nitrogens with zero attached hydrogens (tertiary/aromatic N) is 2. The van der Waals surface area contributed by atoms with Gasteiger partial charge in [0.2, 0.25) is 0 Å². The van der Waals surface area contributed by atoms with Gasteiger partial charge in [0.05, 0.1) is 18.7 Å². The van der Waals surface area contributed by atoms with E-state index < -0.39 is 0 Å². The Morgan fingerprint density at radius 2 is 2.17 bits per heavy atom. The molecule has 3 heteroatoms. The molecule has 94 valence electrons. The zero-order valence-electron chi connectivity index (χ0n) is 10.7. The molecule has 1 aliphatic carbocycles. The molecule has 0 amide bonds. The zero-order chi connectivity index (χ0) is 13.0. The van der Waals surface area contributed by atoms with Crippen LogP contribution >= 0.6 is 0 Å². The van der Waals surface area contributed by atoms with Crippen LogP contribution in [-0.2, 0) is 4.79 Å². The molecule has 1 aliphatic rings. The Kier molecular flexibility index (Phi) is 4.11. The molecule has 0 saturated heterocycles. The van der Waals surface area contributed by atoms with Crippen LogP contribution in [0.5, 0.6) is 0 Å². The first kappa shape index (κ1) is 12.8. The lowest BCUT2D eigenvalue weighted by atomic mass is 10.0.